The van der Waals surface area contributed by atoms with Gasteiger partial charge in [0, 0.05) is 11.9 Å². The molecule has 1 aromatic heterocycles. The molecule has 1 heterocycles. The standard InChI is InChI=1S/C8H4ClF6NO2/c9-2-3-1-4(18-8(13,14)15)16-6(17)5(3)7(10,11)12/h1H,2H2,(H,16,17). The molecule has 3 nitrogen and oxygen atoms in total. The van der Waals surface area contributed by atoms with E-state index < -0.39 is 41.0 Å². The quantitative estimate of drug-likeness (QED) is 0.673. The fourth-order valence-corrected chi connectivity index (χ4v) is 1.39. The summed E-state index contributed by atoms with van der Waals surface area (Å²) < 4.78 is 76.1. The normalized spacial score (nSPS) is 12.6. The van der Waals surface area contributed by atoms with Crippen LogP contribution in [0.15, 0.2) is 10.9 Å². The third-order valence-corrected chi connectivity index (χ3v) is 2.03. The minimum Gasteiger partial charge on any atom is -0.390 e. The molecule has 0 bridgehead atoms. The first-order chi connectivity index (χ1) is 8.04. The molecule has 0 saturated heterocycles. The number of ether oxygens (including phenoxy) is 1. The monoisotopic (exact) mass is 295 g/mol. The Morgan fingerprint density at radius 3 is 2.17 bits per heavy atom. The van der Waals surface area contributed by atoms with E-state index in [1.165, 1.54) is 4.98 Å². The van der Waals surface area contributed by atoms with E-state index in [1.807, 2.05) is 0 Å². The van der Waals surface area contributed by atoms with Crippen molar-refractivity contribution in [2.45, 2.75) is 18.4 Å². The Hall–Kier alpha value is -1.38. The van der Waals surface area contributed by atoms with Crippen LogP contribution in [0.3, 0.4) is 0 Å². The number of halogens is 7. The molecule has 18 heavy (non-hydrogen) atoms. The molecule has 0 spiro atoms. The average molecular weight is 296 g/mol. The number of hydrogen-bond acceptors (Lipinski definition) is 2. The summed E-state index contributed by atoms with van der Waals surface area (Å²) >= 11 is 5.16. The van der Waals surface area contributed by atoms with E-state index in [2.05, 4.69) is 4.74 Å². The predicted octanol–water partition coefficient (Wildman–Crippen LogP) is 3.03. The molecule has 0 aliphatic carbocycles. The van der Waals surface area contributed by atoms with E-state index in [1.54, 1.807) is 0 Å². The lowest BCUT2D eigenvalue weighted by Gasteiger charge is -2.13. The Morgan fingerprint density at radius 2 is 1.78 bits per heavy atom. The van der Waals surface area contributed by atoms with Gasteiger partial charge < -0.3 is 4.74 Å². The van der Waals surface area contributed by atoms with Crippen LogP contribution in [0.4, 0.5) is 26.3 Å². The van der Waals surface area contributed by atoms with Crippen LogP contribution in [-0.2, 0) is 12.1 Å². The first-order valence-corrected chi connectivity index (χ1v) is 4.73. The molecule has 0 saturated carbocycles. The molecule has 0 aliphatic heterocycles. The number of hydrogen-bond donors (Lipinski definition) is 1. The van der Waals surface area contributed by atoms with Crippen molar-refractivity contribution in [2.75, 3.05) is 0 Å². The molecule has 10 heteroatoms. The Balaban J connectivity index is 3.33. The molecule has 0 atom stereocenters. The van der Waals surface area contributed by atoms with Gasteiger partial charge in [-0.15, -0.1) is 24.8 Å². The maximum atomic E-state index is 12.4. The fourth-order valence-electron chi connectivity index (χ4n) is 1.18. The Kier molecular flexibility index (Phi) is 3.84. The summed E-state index contributed by atoms with van der Waals surface area (Å²) in [6, 6.07) is 0.380. The lowest BCUT2D eigenvalue weighted by Crippen LogP contribution is -2.26. The van der Waals surface area contributed by atoms with Crippen LogP contribution in [-0.4, -0.2) is 11.3 Å². The van der Waals surface area contributed by atoms with Crippen molar-refractivity contribution >= 4 is 11.6 Å². The van der Waals surface area contributed by atoms with E-state index >= 15 is 0 Å². The van der Waals surface area contributed by atoms with Gasteiger partial charge in [-0.1, -0.05) is 0 Å². The lowest BCUT2D eigenvalue weighted by atomic mass is 10.1. The van der Waals surface area contributed by atoms with Gasteiger partial charge in [-0.25, -0.2) is 0 Å². The molecule has 102 valence electrons. The summed E-state index contributed by atoms with van der Waals surface area (Å²) in [6.45, 7) is 0. The summed E-state index contributed by atoms with van der Waals surface area (Å²) in [5, 5.41) is 0. The van der Waals surface area contributed by atoms with E-state index in [-0.39, 0.29) is 0 Å². The van der Waals surface area contributed by atoms with Crippen LogP contribution in [0.5, 0.6) is 5.88 Å². The highest BCUT2D eigenvalue weighted by atomic mass is 35.5. The van der Waals surface area contributed by atoms with Gasteiger partial charge in [0.15, 0.2) is 0 Å². The van der Waals surface area contributed by atoms with Crippen molar-refractivity contribution in [1.82, 2.24) is 4.98 Å². The third-order valence-electron chi connectivity index (χ3n) is 1.74. The molecule has 0 unspecified atom stereocenters. The van der Waals surface area contributed by atoms with Gasteiger partial charge in [0.2, 0.25) is 5.88 Å². The van der Waals surface area contributed by atoms with E-state index in [4.69, 9.17) is 11.6 Å². The number of nitrogens with one attached hydrogen (secondary N) is 1. The molecule has 1 N–H and O–H groups in total. The molecule has 0 fully saturated rings. The van der Waals surface area contributed by atoms with E-state index in [9.17, 15) is 31.1 Å². The summed E-state index contributed by atoms with van der Waals surface area (Å²) in [4.78, 5) is 12.4. The SMILES string of the molecule is O=c1[nH]c(OC(F)(F)F)cc(CCl)c1C(F)(F)F. The lowest BCUT2D eigenvalue weighted by molar-refractivity contribution is -0.276. The summed E-state index contributed by atoms with van der Waals surface area (Å²) in [7, 11) is 0. The van der Waals surface area contributed by atoms with Crippen molar-refractivity contribution < 1.29 is 31.1 Å². The minimum absolute atomic E-state index is 0.380. The molecule has 0 aromatic carbocycles. The van der Waals surface area contributed by atoms with Crippen molar-refractivity contribution in [2.24, 2.45) is 0 Å². The second-order valence-electron chi connectivity index (χ2n) is 3.04. The smallest absolute Gasteiger partial charge is 0.390 e. The van der Waals surface area contributed by atoms with Crippen molar-refractivity contribution in [3.05, 3.63) is 27.5 Å². The van der Waals surface area contributed by atoms with Gasteiger partial charge in [-0.3, -0.25) is 9.78 Å². The second kappa shape index (κ2) is 4.71. The maximum absolute atomic E-state index is 12.4. The van der Waals surface area contributed by atoms with Gasteiger partial charge in [0.05, 0.1) is 0 Å². The number of H-pyrrole nitrogens is 1. The first kappa shape index (κ1) is 14.7. The molecular formula is C8H4ClF6NO2. The minimum atomic E-state index is -5.13. The molecule has 1 rings (SSSR count). The average Bonchev–Trinajstić information content (AvgIpc) is 2.11. The number of pyridine rings is 1. The zero-order valence-corrected chi connectivity index (χ0v) is 9.00. The summed E-state index contributed by atoms with van der Waals surface area (Å²) in [5.41, 5.74) is -4.20. The van der Waals surface area contributed by atoms with Crippen molar-refractivity contribution in [3.63, 3.8) is 0 Å². The zero-order valence-electron chi connectivity index (χ0n) is 8.25. The highest BCUT2D eigenvalue weighted by molar-refractivity contribution is 6.17. The van der Waals surface area contributed by atoms with E-state index in [0.717, 1.165) is 0 Å². The van der Waals surface area contributed by atoms with Crippen LogP contribution in [0.25, 0.3) is 0 Å². The van der Waals surface area contributed by atoms with Gasteiger partial charge in [-0.05, 0) is 5.56 Å². The summed E-state index contributed by atoms with van der Waals surface area (Å²) in [6.07, 6.45) is -10.2. The topological polar surface area (TPSA) is 42.1 Å². The highest BCUT2D eigenvalue weighted by Crippen LogP contribution is 2.31. The Morgan fingerprint density at radius 1 is 1.22 bits per heavy atom. The molecule has 0 radical (unpaired) electrons. The summed E-state index contributed by atoms with van der Waals surface area (Å²) in [5.74, 6) is -1.94. The Bertz CT molecular complexity index is 492. The van der Waals surface area contributed by atoms with Crippen molar-refractivity contribution in [3.8, 4) is 5.88 Å². The fraction of sp³-hybridized carbons (Fsp3) is 0.375. The van der Waals surface area contributed by atoms with Crippen LogP contribution in [0.2, 0.25) is 0 Å². The molecule has 1 aromatic rings. The first-order valence-electron chi connectivity index (χ1n) is 4.19. The molecule has 0 aliphatic rings. The van der Waals surface area contributed by atoms with E-state index in [0.29, 0.717) is 6.07 Å². The number of alkyl halides is 7. The van der Waals surface area contributed by atoms with Gasteiger partial charge in [-0.2, -0.15) is 13.2 Å². The molecular weight excluding hydrogens is 292 g/mol. The maximum Gasteiger partial charge on any atom is 0.574 e. The largest absolute Gasteiger partial charge is 0.574 e. The number of rotatable bonds is 2. The van der Waals surface area contributed by atoms with Gasteiger partial charge in [0.25, 0.3) is 5.56 Å². The van der Waals surface area contributed by atoms with Crippen LogP contribution in [0, 0.1) is 0 Å². The molecule has 0 amide bonds. The Labute approximate surface area is 100 Å². The van der Waals surface area contributed by atoms with Crippen LogP contribution < -0.4 is 10.3 Å². The van der Waals surface area contributed by atoms with Crippen molar-refractivity contribution in [1.29, 1.82) is 0 Å². The predicted molar refractivity (Wildman–Crippen MR) is 48.3 cm³/mol. The van der Waals surface area contributed by atoms with Crippen LogP contribution >= 0.6 is 11.6 Å². The second-order valence-corrected chi connectivity index (χ2v) is 3.31. The van der Waals surface area contributed by atoms with Gasteiger partial charge in [0.1, 0.15) is 5.56 Å². The zero-order chi connectivity index (χ0) is 14.1. The highest BCUT2D eigenvalue weighted by Gasteiger charge is 2.38. The number of aromatic nitrogens is 1. The van der Waals surface area contributed by atoms with Gasteiger partial charge >= 0.3 is 12.5 Å². The van der Waals surface area contributed by atoms with Crippen LogP contribution in [0.1, 0.15) is 11.1 Å². The number of aromatic amines is 1. The third kappa shape index (κ3) is 3.56.